The van der Waals surface area contributed by atoms with E-state index >= 15 is 0 Å². The predicted molar refractivity (Wildman–Crippen MR) is 220 cm³/mol. The van der Waals surface area contributed by atoms with E-state index in [2.05, 4.69) is 24.1 Å². The number of hydrogen-bond donors (Lipinski definition) is 1. The van der Waals surface area contributed by atoms with Gasteiger partial charge in [0.1, 0.15) is 0 Å². The second-order valence-electron chi connectivity index (χ2n) is 14.9. The third kappa shape index (κ3) is 32.1. The van der Waals surface area contributed by atoms with E-state index in [0.29, 0.717) is 26.4 Å². The highest BCUT2D eigenvalue weighted by atomic mass is 28.4. The molecule has 0 aliphatic carbocycles. The Balaban J connectivity index is 4.37. The molecule has 0 heterocycles. The highest BCUT2D eigenvalue weighted by Gasteiger charge is 2.39. The summed E-state index contributed by atoms with van der Waals surface area (Å²) in [4.78, 5) is 15.4. The van der Waals surface area contributed by atoms with E-state index in [4.69, 9.17) is 13.3 Å². The molecule has 0 spiro atoms. The number of hydrogen-bond acceptors (Lipinski definition) is 4. The van der Waals surface area contributed by atoms with Crippen LogP contribution in [-0.4, -0.2) is 59.2 Å². The van der Waals surface area contributed by atoms with Crippen LogP contribution < -0.4 is 5.32 Å². The van der Waals surface area contributed by atoms with Crippen LogP contribution in [-0.2, 0) is 13.3 Å². The molecule has 0 atom stereocenters. The molecule has 0 aromatic rings. The normalized spacial score (nSPS) is 11.8. The quantitative estimate of drug-likeness (QED) is 0.0503. The van der Waals surface area contributed by atoms with Gasteiger partial charge in [-0.2, -0.15) is 0 Å². The fraction of sp³-hybridized carbons (Fsp3) is 0.977. The highest BCUT2D eigenvalue weighted by molar-refractivity contribution is 6.60. The third-order valence-corrected chi connectivity index (χ3v) is 13.3. The Morgan fingerprint density at radius 2 is 0.720 bits per heavy atom. The summed E-state index contributed by atoms with van der Waals surface area (Å²) >= 11 is 0. The maximum atomic E-state index is 13.3. The first-order chi connectivity index (χ1) is 24.6. The van der Waals surface area contributed by atoms with E-state index in [1.807, 2.05) is 20.8 Å². The zero-order valence-corrected chi connectivity index (χ0v) is 35.7. The molecule has 0 unspecified atom stereocenters. The molecule has 0 fully saturated rings. The molecule has 50 heavy (non-hydrogen) atoms. The maximum Gasteiger partial charge on any atom is 0.500 e. The minimum atomic E-state index is -2.61. The smallest absolute Gasteiger partial charge is 0.374 e. The summed E-state index contributed by atoms with van der Waals surface area (Å²) in [6.07, 6.45) is 40.0. The Morgan fingerprint density at radius 1 is 0.420 bits per heavy atom. The van der Waals surface area contributed by atoms with Crippen LogP contribution in [0.5, 0.6) is 0 Å². The van der Waals surface area contributed by atoms with Crippen molar-refractivity contribution in [1.29, 1.82) is 0 Å². The molecule has 0 saturated heterocycles. The number of carbonyl (C=O) groups is 1. The van der Waals surface area contributed by atoms with Crippen molar-refractivity contribution in [3.05, 3.63) is 0 Å². The van der Waals surface area contributed by atoms with Crippen molar-refractivity contribution in [3.8, 4) is 0 Å². The largest absolute Gasteiger partial charge is 0.500 e. The first-order valence-electron chi connectivity index (χ1n) is 22.5. The van der Waals surface area contributed by atoms with Crippen LogP contribution in [0.15, 0.2) is 0 Å². The Labute approximate surface area is 315 Å². The van der Waals surface area contributed by atoms with Crippen LogP contribution in [0.25, 0.3) is 0 Å². The van der Waals surface area contributed by atoms with Crippen LogP contribution in [0.4, 0.5) is 4.79 Å². The first-order valence-corrected chi connectivity index (χ1v) is 24.5. The van der Waals surface area contributed by atoms with Gasteiger partial charge in [0.2, 0.25) is 0 Å². The average molecular weight is 727 g/mol. The van der Waals surface area contributed by atoms with Crippen LogP contribution in [0.1, 0.15) is 227 Å². The minimum absolute atomic E-state index is 0.123. The lowest BCUT2D eigenvalue weighted by Gasteiger charge is -2.28. The summed E-state index contributed by atoms with van der Waals surface area (Å²) in [5.41, 5.74) is 0. The zero-order chi connectivity index (χ0) is 36.6. The van der Waals surface area contributed by atoms with E-state index in [9.17, 15) is 4.79 Å². The van der Waals surface area contributed by atoms with Gasteiger partial charge in [0.05, 0.1) is 0 Å². The van der Waals surface area contributed by atoms with Gasteiger partial charge in [0.25, 0.3) is 0 Å². The van der Waals surface area contributed by atoms with Crippen molar-refractivity contribution in [2.24, 2.45) is 0 Å². The first kappa shape index (κ1) is 49.4. The molecule has 1 N–H and O–H groups in total. The van der Waals surface area contributed by atoms with Gasteiger partial charge in [-0.1, -0.05) is 181 Å². The van der Waals surface area contributed by atoms with Gasteiger partial charge in [-0.3, -0.25) is 0 Å². The fourth-order valence-corrected chi connectivity index (χ4v) is 9.77. The number of rotatable bonds is 41. The predicted octanol–water partition coefficient (Wildman–Crippen LogP) is 13.8. The number of urea groups is 1. The lowest BCUT2D eigenvalue weighted by atomic mass is 10.0. The standard InChI is InChI=1S/C43H90N2O4Si/c1-6-11-13-15-17-19-21-23-25-27-29-31-33-36-40-45(41-37-34-32-30-28-26-24-22-20-18-16-14-12-7-2)43(46)44-39-35-38-42-50(47-8-3,48-9-4)49-10-5/h6-42H2,1-5H3,(H,44,46). The van der Waals surface area contributed by atoms with E-state index in [-0.39, 0.29) is 6.03 Å². The molecule has 0 rings (SSSR count). The SMILES string of the molecule is CCCCCCCCCCCCCCCCN(CCCCCCCCCCCCCCCC)C(=O)NCCCC[Si](OCC)(OCC)OCC. The Hall–Kier alpha value is -0.633. The molecular weight excluding hydrogens is 637 g/mol. The number of unbranched alkanes of at least 4 members (excludes halogenated alkanes) is 27. The minimum Gasteiger partial charge on any atom is -0.374 e. The van der Waals surface area contributed by atoms with E-state index in [1.165, 1.54) is 167 Å². The van der Waals surface area contributed by atoms with Gasteiger partial charge < -0.3 is 23.5 Å². The van der Waals surface area contributed by atoms with Crippen LogP contribution in [0, 0.1) is 0 Å². The van der Waals surface area contributed by atoms with Crippen molar-refractivity contribution in [2.75, 3.05) is 39.5 Å². The zero-order valence-electron chi connectivity index (χ0n) is 34.7. The number of carbonyl (C=O) groups excluding carboxylic acids is 1. The van der Waals surface area contributed by atoms with Gasteiger partial charge in [0, 0.05) is 45.5 Å². The van der Waals surface area contributed by atoms with Crippen LogP contribution >= 0.6 is 0 Å². The summed E-state index contributed by atoms with van der Waals surface area (Å²) in [6.45, 7) is 14.9. The topological polar surface area (TPSA) is 60.0 Å². The highest BCUT2D eigenvalue weighted by Crippen LogP contribution is 2.20. The van der Waals surface area contributed by atoms with Crippen molar-refractivity contribution in [3.63, 3.8) is 0 Å². The van der Waals surface area contributed by atoms with Crippen molar-refractivity contribution < 1.29 is 18.1 Å². The molecule has 0 saturated carbocycles. The number of nitrogens with one attached hydrogen (secondary N) is 1. The van der Waals surface area contributed by atoms with Gasteiger partial charge in [-0.15, -0.1) is 0 Å². The Morgan fingerprint density at radius 3 is 1.02 bits per heavy atom. The van der Waals surface area contributed by atoms with Crippen LogP contribution in [0.3, 0.4) is 0 Å². The fourth-order valence-electron chi connectivity index (χ4n) is 7.08. The molecule has 0 bridgehead atoms. The van der Waals surface area contributed by atoms with E-state index in [1.54, 1.807) is 0 Å². The monoisotopic (exact) mass is 727 g/mol. The van der Waals surface area contributed by atoms with Gasteiger partial charge in [-0.05, 0) is 46.5 Å². The third-order valence-electron chi connectivity index (χ3n) is 10.1. The van der Waals surface area contributed by atoms with Gasteiger partial charge >= 0.3 is 14.8 Å². The summed E-state index contributed by atoms with van der Waals surface area (Å²) < 4.78 is 18.0. The van der Waals surface area contributed by atoms with E-state index < -0.39 is 8.80 Å². The molecular formula is C43H90N2O4Si. The average Bonchev–Trinajstić information content (AvgIpc) is 3.11. The Bertz CT molecular complexity index is 634. The molecule has 0 aromatic heterocycles. The summed E-state index contributed by atoms with van der Waals surface area (Å²) in [6, 6.07) is 0.928. The van der Waals surface area contributed by atoms with Crippen molar-refractivity contribution in [1.82, 2.24) is 10.2 Å². The molecule has 300 valence electrons. The summed E-state index contributed by atoms with van der Waals surface area (Å²) in [7, 11) is -2.61. The molecule has 0 aromatic carbocycles. The number of nitrogens with zero attached hydrogens (tertiary/aromatic N) is 1. The summed E-state index contributed by atoms with van der Waals surface area (Å²) in [5, 5.41) is 3.24. The maximum absolute atomic E-state index is 13.3. The van der Waals surface area contributed by atoms with Gasteiger partial charge in [-0.25, -0.2) is 4.79 Å². The number of amides is 2. The second-order valence-corrected chi connectivity index (χ2v) is 17.6. The van der Waals surface area contributed by atoms with Crippen LogP contribution in [0.2, 0.25) is 6.04 Å². The molecule has 0 aliphatic heterocycles. The molecule has 0 aliphatic rings. The Kier molecular flexibility index (Phi) is 39.1. The van der Waals surface area contributed by atoms with Gasteiger partial charge in [0.15, 0.2) is 0 Å². The lowest BCUT2D eigenvalue weighted by molar-refractivity contribution is 0.0707. The second kappa shape index (κ2) is 39.6. The molecule has 7 heteroatoms. The molecule has 2 amide bonds. The summed E-state index contributed by atoms with van der Waals surface area (Å²) in [5.74, 6) is 0. The lowest BCUT2D eigenvalue weighted by Crippen LogP contribution is -2.46. The van der Waals surface area contributed by atoms with Crippen molar-refractivity contribution >= 4 is 14.8 Å². The van der Waals surface area contributed by atoms with E-state index in [0.717, 1.165) is 44.8 Å². The molecule has 0 radical (unpaired) electrons. The van der Waals surface area contributed by atoms with Crippen molar-refractivity contribution in [2.45, 2.75) is 233 Å². The molecule has 6 nitrogen and oxygen atoms in total.